The number of hydrazine groups is 1. The smallest absolute Gasteiger partial charge is 0.266 e. The highest BCUT2D eigenvalue weighted by molar-refractivity contribution is 7.10. The number of hydrogen-bond donors (Lipinski definition) is 2. The summed E-state index contributed by atoms with van der Waals surface area (Å²) in [6.07, 6.45) is 0. The van der Waals surface area contributed by atoms with Gasteiger partial charge in [0.25, 0.3) is 5.91 Å². The summed E-state index contributed by atoms with van der Waals surface area (Å²) in [5.74, 6) is 5.24. The van der Waals surface area contributed by atoms with E-state index in [0.29, 0.717) is 11.5 Å². The second kappa shape index (κ2) is 3.69. The van der Waals surface area contributed by atoms with Crippen LogP contribution < -0.4 is 11.3 Å². The van der Waals surface area contributed by atoms with Gasteiger partial charge in [0.1, 0.15) is 0 Å². The molecule has 1 aromatic rings. The largest absolute Gasteiger partial charge is 0.290 e. The molecule has 0 aliphatic rings. The number of nitrogens with one attached hydrogen (secondary N) is 1. The fourth-order valence-electron chi connectivity index (χ4n) is 0.858. The van der Waals surface area contributed by atoms with E-state index in [0.717, 1.165) is 0 Å². The van der Waals surface area contributed by atoms with E-state index in [-0.39, 0.29) is 5.91 Å². The molecule has 0 spiro atoms. The van der Waals surface area contributed by atoms with Crippen molar-refractivity contribution >= 4 is 17.2 Å². The maximum atomic E-state index is 11.0. The third kappa shape index (κ3) is 1.84. The SMILES string of the molecule is CC(C)c1cc(C(=O)NN)cs1. The zero-order valence-corrected chi connectivity index (χ0v) is 7.94. The van der Waals surface area contributed by atoms with Gasteiger partial charge in [-0.3, -0.25) is 10.2 Å². The monoisotopic (exact) mass is 184 g/mol. The second-order valence-electron chi connectivity index (χ2n) is 2.87. The molecule has 0 atom stereocenters. The van der Waals surface area contributed by atoms with Gasteiger partial charge in [0.2, 0.25) is 0 Å². The van der Waals surface area contributed by atoms with Gasteiger partial charge >= 0.3 is 0 Å². The number of nitrogens with two attached hydrogens (primary N) is 1. The number of carbonyl (C=O) groups excluding carboxylic acids is 1. The van der Waals surface area contributed by atoms with Crippen LogP contribution in [-0.4, -0.2) is 5.91 Å². The van der Waals surface area contributed by atoms with E-state index in [4.69, 9.17) is 5.84 Å². The molecule has 1 amide bonds. The van der Waals surface area contributed by atoms with Crippen LogP contribution >= 0.6 is 11.3 Å². The maximum Gasteiger partial charge on any atom is 0.266 e. The Bertz CT molecular complexity index is 280. The van der Waals surface area contributed by atoms with E-state index in [2.05, 4.69) is 19.3 Å². The van der Waals surface area contributed by atoms with E-state index >= 15 is 0 Å². The number of hydrogen-bond acceptors (Lipinski definition) is 3. The molecule has 0 aliphatic carbocycles. The van der Waals surface area contributed by atoms with Crippen LogP contribution in [0, 0.1) is 0 Å². The van der Waals surface area contributed by atoms with Crippen molar-refractivity contribution in [1.82, 2.24) is 5.43 Å². The first-order valence-electron chi connectivity index (χ1n) is 3.74. The van der Waals surface area contributed by atoms with Crippen LogP contribution in [0.4, 0.5) is 0 Å². The minimum atomic E-state index is -0.224. The number of carbonyl (C=O) groups is 1. The van der Waals surface area contributed by atoms with Gasteiger partial charge in [-0.2, -0.15) is 0 Å². The Morgan fingerprint density at radius 3 is 2.75 bits per heavy atom. The minimum absolute atomic E-state index is 0.224. The van der Waals surface area contributed by atoms with Crippen molar-refractivity contribution in [2.24, 2.45) is 5.84 Å². The number of thiophene rings is 1. The molecule has 0 saturated heterocycles. The Hall–Kier alpha value is -0.870. The third-order valence-electron chi connectivity index (χ3n) is 1.58. The Kier molecular flexibility index (Phi) is 2.83. The van der Waals surface area contributed by atoms with E-state index in [1.807, 2.05) is 11.4 Å². The molecule has 1 heterocycles. The van der Waals surface area contributed by atoms with Crippen molar-refractivity contribution in [2.75, 3.05) is 0 Å². The van der Waals surface area contributed by atoms with Gasteiger partial charge in [0, 0.05) is 10.3 Å². The molecule has 12 heavy (non-hydrogen) atoms. The van der Waals surface area contributed by atoms with Gasteiger partial charge in [0.15, 0.2) is 0 Å². The van der Waals surface area contributed by atoms with Crippen molar-refractivity contribution in [2.45, 2.75) is 19.8 Å². The normalized spacial score (nSPS) is 10.3. The van der Waals surface area contributed by atoms with Crippen LogP contribution in [0.25, 0.3) is 0 Å². The van der Waals surface area contributed by atoms with Crippen LogP contribution in [-0.2, 0) is 0 Å². The highest BCUT2D eigenvalue weighted by atomic mass is 32.1. The summed E-state index contributed by atoms with van der Waals surface area (Å²) in [4.78, 5) is 12.2. The molecule has 1 aromatic heterocycles. The molecule has 4 heteroatoms. The van der Waals surface area contributed by atoms with Crippen LogP contribution in [0.5, 0.6) is 0 Å². The fraction of sp³-hybridized carbons (Fsp3) is 0.375. The molecule has 1 rings (SSSR count). The van der Waals surface area contributed by atoms with E-state index < -0.39 is 0 Å². The molecular formula is C8H12N2OS. The van der Waals surface area contributed by atoms with Crippen LogP contribution in [0.15, 0.2) is 11.4 Å². The minimum Gasteiger partial charge on any atom is -0.290 e. The zero-order chi connectivity index (χ0) is 9.14. The predicted octanol–water partition coefficient (Wildman–Crippen LogP) is 1.48. The van der Waals surface area contributed by atoms with E-state index in [1.54, 1.807) is 11.3 Å². The molecule has 3 N–H and O–H groups in total. The Morgan fingerprint density at radius 2 is 2.33 bits per heavy atom. The summed E-state index contributed by atoms with van der Waals surface area (Å²) >= 11 is 1.58. The third-order valence-corrected chi connectivity index (χ3v) is 2.82. The zero-order valence-electron chi connectivity index (χ0n) is 7.13. The molecular weight excluding hydrogens is 172 g/mol. The Balaban J connectivity index is 2.84. The fourth-order valence-corrected chi connectivity index (χ4v) is 1.76. The average Bonchev–Trinajstić information content (AvgIpc) is 2.51. The summed E-state index contributed by atoms with van der Waals surface area (Å²) in [6.45, 7) is 4.19. The summed E-state index contributed by atoms with van der Waals surface area (Å²) in [5.41, 5.74) is 2.75. The lowest BCUT2D eigenvalue weighted by atomic mass is 10.1. The lowest BCUT2D eigenvalue weighted by molar-refractivity contribution is 0.0954. The lowest BCUT2D eigenvalue weighted by Crippen LogP contribution is -2.29. The van der Waals surface area contributed by atoms with Gasteiger partial charge in [0.05, 0.1) is 5.56 Å². The first kappa shape index (κ1) is 9.22. The number of nitrogen functional groups attached to an aromatic ring is 1. The van der Waals surface area contributed by atoms with Crippen molar-refractivity contribution in [1.29, 1.82) is 0 Å². The quantitative estimate of drug-likeness (QED) is 0.415. The van der Waals surface area contributed by atoms with Gasteiger partial charge < -0.3 is 0 Å². The summed E-state index contributed by atoms with van der Waals surface area (Å²) in [6, 6.07) is 1.87. The molecule has 0 unspecified atom stereocenters. The van der Waals surface area contributed by atoms with Crippen LogP contribution in [0.2, 0.25) is 0 Å². The molecule has 3 nitrogen and oxygen atoms in total. The highest BCUT2D eigenvalue weighted by Crippen LogP contribution is 2.22. The lowest BCUT2D eigenvalue weighted by Gasteiger charge is -1.97. The van der Waals surface area contributed by atoms with Crippen LogP contribution in [0.3, 0.4) is 0 Å². The standard InChI is InChI=1S/C8H12N2OS/c1-5(2)7-3-6(4-12-7)8(11)10-9/h3-5H,9H2,1-2H3,(H,10,11). The Morgan fingerprint density at radius 1 is 1.67 bits per heavy atom. The Labute approximate surface area is 75.6 Å². The van der Waals surface area contributed by atoms with Crippen molar-refractivity contribution in [3.05, 3.63) is 21.9 Å². The molecule has 0 fully saturated rings. The second-order valence-corrected chi connectivity index (χ2v) is 3.81. The maximum absolute atomic E-state index is 11.0. The molecule has 0 aliphatic heterocycles. The first-order valence-corrected chi connectivity index (χ1v) is 4.62. The first-order chi connectivity index (χ1) is 5.65. The molecule has 0 bridgehead atoms. The summed E-state index contributed by atoms with van der Waals surface area (Å²) in [5, 5.41) is 1.82. The van der Waals surface area contributed by atoms with Gasteiger partial charge in [-0.15, -0.1) is 11.3 Å². The average molecular weight is 184 g/mol. The molecule has 0 saturated carbocycles. The van der Waals surface area contributed by atoms with E-state index in [9.17, 15) is 4.79 Å². The van der Waals surface area contributed by atoms with E-state index in [1.165, 1.54) is 4.88 Å². The predicted molar refractivity (Wildman–Crippen MR) is 50.1 cm³/mol. The number of amides is 1. The van der Waals surface area contributed by atoms with Crippen LogP contribution in [0.1, 0.15) is 35.0 Å². The number of rotatable bonds is 2. The summed E-state index contributed by atoms with van der Waals surface area (Å²) in [7, 11) is 0. The highest BCUT2D eigenvalue weighted by Gasteiger charge is 2.08. The van der Waals surface area contributed by atoms with Crippen molar-refractivity contribution in [3.8, 4) is 0 Å². The van der Waals surface area contributed by atoms with Crippen molar-refractivity contribution in [3.63, 3.8) is 0 Å². The van der Waals surface area contributed by atoms with Crippen molar-refractivity contribution < 1.29 is 4.79 Å². The molecule has 66 valence electrons. The summed E-state index contributed by atoms with van der Waals surface area (Å²) < 4.78 is 0. The van der Waals surface area contributed by atoms with Gasteiger partial charge in [-0.1, -0.05) is 13.8 Å². The van der Waals surface area contributed by atoms with Gasteiger partial charge in [-0.05, 0) is 12.0 Å². The van der Waals surface area contributed by atoms with Gasteiger partial charge in [-0.25, -0.2) is 5.84 Å². The molecule has 0 aromatic carbocycles. The molecule has 0 radical (unpaired) electrons. The topological polar surface area (TPSA) is 55.1 Å².